The first-order valence-electron chi connectivity index (χ1n) is 3.91. The van der Waals surface area contributed by atoms with Crippen LogP contribution in [0.2, 0.25) is 0 Å². The topological polar surface area (TPSA) is 58.6 Å². The van der Waals surface area contributed by atoms with Crippen LogP contribution in [0.5, 0.6) is 0 Å². The monoisotopic (exact) mass is 215 g/mol. The molecular formula is C7H12F3NO3. The Morgan fingerprint density at radius 2 is 2.14 bits per heavy atom. The fourth-order valence-electron chi connectivity index (χ4n) is 0.667. The summed E-state index contributed by atoms with van der Waals surface area (Å²) < 4.78 is 39.4. The van der Waals surface area contributed by atoms with Crippen molar-refractivity contribution in [2.45, 2.75) is 18.6 Å². The molecule has 1 unspecified atom stereocenters. The Hall–Kier alpha value is -0.820. The highest BCUT2D eigenvalue weighted by molar-refractivity contribution is 5.73. The summed E-state index contributed by atoms with van der Waals surface area (Å²) in [4.78, 5) is 10.4. The molecule has 0 aromatic rings. The van der Waals surface area contributed by atoms with Gasteiger partial charge in [0, 0.05) is 0 Å². The Morgan fingerprint density at radius 3 is 2.50 bits per heavy atom. The molecule has 0 amide bonds. The number of likely N-dealkylation sites (N-methyl/N-ethyl adjacent to an activating group) is 1. The summed E-state index contributed by atoms with van der Waals surface area (Å²) in [5.74, 6) is -1.15. The van der Waals surface area contributed by atoms with Crippen LogP contribution in [0.3, 0.4) is 0 Å². The van der Waals surface area contributed by atoms with Gasteiger partial charge in [0.2, 0.25) is 0 Å². The Morgan fingerprint density at radius 1 is 1.57 bits per heavy atom. The Balaban J connectivity index is 3.58. The van der Waals surface area contributed by atoms with E-state index in [4.69, 9.17) is 5.11 Å². The summed E-state index contributed by atoms with van der Waals surface area (Å²) in [5, 5.41) is 10.9. The van der Waals surface area contributed by atoms with E-state index in [-0.39, 0.29) is 6.61 Å². The molecule has 0 saturated heterocycles. The zero-order chi connectivity index (χ0) is 11.2. The fraction of sp³-hybridized carbons (Fsp3) is 0.857. The van der Waals surface area contributed by atoms with Crippen LogP contribution in [0.4, 0.5) is 13.2 Å². The van der Waals surface area contributed by atoms with E-state index in [1.165, 1.54) is 7.05 Å². The van der Waals surface area contributed by atoms with Crippen molar-refractivity contribution in [1.29, 1.82) is 0 Å². The highest BCUT2D eigenvalue weighted by Crippen LogP contribution is 2.18. The van der Waals surface area contributed by atoms with E-state index in [9.17, 15) is 18.0 Å². The van der Waals surface area contributed by atoms with Gasteiger partial charge in [-0.05, 0) is 7.05 Å². The summed E-state index contributed by atoms with van der Waals surface area (Å²) in [6, 6.07) is -0.969. The molecule has 84 valence electrons. The molecule has 0 aromatic heterocycles. The lowest BCUT2D eigenvalue weighted by molar-refractivity contribution is -0.148. The van der Waals surface area contributed by atoms with Crippen LogP contribution in [0.15, 0.2) is 0 Å². The second kappa shape index (κ2) is 5.82. The molecule has 0 aliphatic heterocycles. The van der Waals surface area contributed by atoms with E-state index in [0.29, 0.717) is 0 Å². The highest BCUT2D eigenvalue weighted by Gasteiger charge is 2.26. The Bertz CT molecular complexity index is 184. The van der Waals surface area contributed by atoms with Crippen LogP contribution in [-0.4, -0.2) is 43.6 Å². The van der Waals surface area contributed by atoms with Gasteiger partial charge in [-0.1, -0.05) is 0 Å². The number of carbonyl (C=O) groups is 1. The van der Waals surface area contributed by atoms with Crippen LogP contribution in [0.25, 0.3) is 0 Å². The van der Waals surface area contributed by atoms with Gasteiger partial charge in [-0.25, -0.2) is 0 Å². The van der Waals surface area contributed by atoms with Crippen molar-refractivity contribution >= 4 is 5.97 Å². The van der Waals surface area contributed by atoms with Crippen LogP contribution in [0.1, 0.15) is 6.42 Å². The van der Waals surface area contributed by atoms with E-state index >= 15 is 0 Å². The smallest absolute Gasteiger partial charge is 0.391 e. The summed E-state index contributed by atoms with van der Waals surface area (Å²) in [6.45, 7) is -0.795. The summed E-state index contributed by atoms with van der Waals surface area (Å²) in [6.07, 6.45) is -5.33. The lowest BCUT2D eigenvalue weighted by Crippen LogP contribution is -2.38. The van der Waals surface area contributed by atoms with Gasteiger partial charge < -0.3 is 15.2 Å². The van der Waals surface area contributed by atoms with E-state index in [2.05, 4.69) is 10.1 Å². The van der Waals surface area contributed by atoms with Gasteiger partial charge in [0.25, 0.3) is 0 Å². The first-order chi connectivity index (χ1) is 6.37. The van der Waals surface area contributed by atoms with Crippen LogP contribution in [0, 0.1) is 0 Å². The van der Waals surface area contributed by atoms with Crippen LogP contribution < -0.4 is 5.32 Å². The average molecular weight is 215 g/mol. The number of carboxylic acid groups (broad SMARTS) is 1. The minimum Gasteiger partial charge on any atom is -0.480 e. The number of carboxylic acids is 1. The van der Waals surface area contributed by atoms with Crippen molar-refractivity contribution in [2.24, 2.45) is 0 Å². The Labute approximate surface area is 79.0 Å². The first-order valence-corrected chi connectivity index (χ1v) is 3.91. The number of aliphatic carboxylic acids is 1. The van der Waals surface area contributed by atoms with Crippen LogP contribution in [-0.2, 0) is 9.53 Å². The largest absolute Gasteiger partial charge is 0.480 e. The molecule has 0 rings (SSSR count). The van der Waals surface area contributed by atoms with Crippen LogP contribution >= 0.6 is 0 Å². The lowest BCUT2D eigenvalue weighted by Gasteiger charge is -2.12. The third kappa shape index (κ3) is 6.67. The molecule has 0 bridgehead atoms. The van der Waals surface area contributed by atoms with Gasteiger partial charge in [0.05, 0.1) is 19.6 Å². The number of nitrogens with one attached hydrogen (secondary N) is 1. The van der Waals surface area contributed by atoms with E-state index in [0.717, 1.165) is 0 Å². The maximum Gasteiger partial charge on any atom is 0.391 e. The van der Waals surface area contributed by atoms with E-state index < -0.39 is 31.2 Å². The number of ether oxygens (including phenoxy) is 1. The standard InChI is InChI=1S/C7H12F3NO3/c1-11-5(6(12)13)4-14-3-2-7(8,9)10/h5,11H,2-4H2,1H3,(H,12,13). The number of alkyl halides is 3. The normalized spacial score (nSPS) is 14.0. The minimum atomic E-state index is -4.27. The van der Waals surface area contributed by atoms with Gasteiger partial charge in [-0.2, -0.15) is 13.2 Å². The minimum absolute atomic E-state index is 0.276. The van der Waals surface area contributed by atoms with Gasteiger partial charge >= 0.3 is 12.1 Å². The van der Waals surface area contributed by atoms with Crippen molar-refractivity contribution in [3.05, 3.63) is 0 Å². The number of hydrogen-bond acceptors (Lipinski definition) is 3. The molecule has 1 atom stereocenters. The zero-order valence-electron chi connectivity index (χ0n) is 7.60. The molecule has 0 aliphatic rings. The van der Waals surface area contributed by atoms with Gasteiger partial charge in [-0.3, -0.25) is 4.79 Å². The molecule has 14 heavy (non-hydrogen) atoms. The first kappa shape index (κ1) is 13.2. The third-order valence-electron chi connectivity index (χ3n) is 1.46. The van der Waals surface area contributed by atoms with Crippen molar-refractivity contribution in [3.8, 4) is 0 Å². The molecule has 0 radical (unpaired) electrons. The van der Waals surface area contributed by atoms with E-state index in [1.807, 2.05) is 0 Å². The second-order valence-corrected chi connectivity index (χ2v) is 2.62. The molecule has 0 fully saturated rings. The van der Waals surface area contributed by atoms with E-state index in [1.54, 1.807) is 0 Å². The molecule has 0 heterocycles. The molecule has 0 aromatic carbocycles. The van der Waals surface area contributed by atoms with Crippen molar-refractivity contribution in [3.63, 3.8) is 0 Å². The number of rotatable bonds is 6. The van der Waals surface area contributed by atoms with Gasteiger partial charge in [0.15, 0.2) is 0 Å². The summed E-state index contributed by atoms with van der Waals surface area (Å²) in [7, 11) is 1.39. The molecule has 0 spiro atoms. The number of hydrogen-bond donors (Lipinski definition) is 2. The SMILES string of the molecule is CNC(COCCC(F)(F)F)C(=O)O. The molecule has 2 N–H and O–H groups in total. The molecule has 7 heteroatoms. The Kier molecular flexibility index (Phi) is 5.47. The zero-order valence-corrected chi connectivity index (χ0v) is 7.60. The molecular weight excluding hydrogens is 203 g/mol. The predicted molar refractivity (Wildman–Crippen MR) is 42.0 cm³/mol. The molecule has 4 nitrogen and oxygen atoms in total. The van der Waals surface area contributed by atoms with Crippen molar-refractivity contribution in [1.82, 2.24) is 5.32 Å². The summed E-state index contributed by atoms with van der Waals surface area (Å²) in [5.41, 5.74) is 0. The van der Waals surface area contributed by atoms with Gasteiger partial charge in [0.1, 0.15) is 6.04 Å². The van der Waals surface area contributed by atoms with Crippen molar-refractivity contribution < 1.29 is 27.8 Å². The predicted octanol–water partition coefficient (Wildman–Crippen LogP) is 0.628. The quantitative estimate of drug-likeness (QED) is 0.638. The lowest BCUT2D eigenvalue weighted by atomic mass is 10.3. The fourth-order valence-corrected chi connectivity index (χ4v) is 0.667. The maximum atomic E-state index is 11.6. The highest BCUT2D eigenvalue weighted by atomic mass is 19.4. The second-order valence-electron chi connectivity index (χ2n) is 2.62. The van der Waals surface area contributed by atoms with Crippen molar-refractivity contribution in [2.75, 3.05) is 20.3 Å². The maximum absolute atomic E-state index is 11.6. The average Bonchev–Trinajstić information content (AvgIpc) is 2.01. The third-order valence-corrected chi connectivity index (χ3v) is 1.46. The number of halogens is 3. The summed E-state index contributed by atoms with van der Waals surface area (Å²) >= 11 is 0. The van der Waals surface area contributed by atoms with Gasteiger partial charge in [-0.15, -0.1) is 0 Å². The molecule has 0 aliphatic carbocycles. The molecule has 0 saturated carbocycles.